The standard InChI is InChI=1S/C14H19N3O3/c1-2-20-14(19)11-7-9(15)3-5-12(11)16-8-10-4-6-13(18)17-10/h3,5,7,10,16H,2,4,6,8,15H2,1H3,(H,17,18). The summed E-state index contributed by atoms with van der Waals surface area (Å²) >= 11 is 0. The summed E-state index contributed by atoms with van der Waals surface area (Å²) in [6, 6.07) is 5.15. The van der Waals surface area contributed by atoms with Gasteiger partial charge in [0, 0.05) is 30.4 Å². The average molecular weight is 277 g/mol. The lowest BCUT2D eigenvalue weighted by atomic mass is 10.1. The van der Waals surface area contributed by atoms with E-state index in [0.717, 1.165) is 6.42 Å². The summed E-state index contributed by atoms with van der Waals surface area (Å²) in [5.41, 5.74) is 7.29. The largest absolute Gasteiger partial charge is 0.462 e. The van der Waals surface area contributed by atoms with Crippen molar-refractivity contribution in [3.05, 3.63) is 23.8 Å². The molecule has 0 aromatic heterocycles. The Balaban J connectivity index is 2.06. The average Bonchev–Trinajstić information content (AvgIpc) is 2.83. The minimum Gasteiger partial charge on any atom is -0.462 e. The molecule has 0 radical (unpaired) electrons. The Hall–Kier alpha value is -2.24. The molecule has 1 saturated heterocycles. The van der Waals surface area contributed by atoms with E-state index in [1.807, 2.05) is 0 Å². The van der Waals surface area contributed by atoms with Crippen molar-refractivity contribution in [3.63, 3.8) is 0 Å². The molecule has 1 aliphatic rings. The maximum absolute atomic E-state index is 11.9. The number of anilines is 2. The van der Waals surface area contributed by atoms with Crippen molar-refractivity contribution in [2.24, 2.45) is 0 Å². The van der Waals surface area contributed by atoms with Crippen LogP contribution in [0.4, 0.5) is 11.4 Å². The van der Waals surface area contributed by atoms with Crippen LogP contribution in [-0.2, 0) is 9.53 Å². The van der Waals surface area contributed by atoms with Crippen LogP contribution in [-0.4, -0.2) is 31.1 Å². The molecule has 1 atom stereocenters. The summed E-state index contributed by atoms with van der Waals surface area (Å²) in [6.45, 7) is 2.64. The number of carbonyl (C=O) groups is 2. The van der Waals surface area contributed by atoms with Crippen LogP contribution in [0.15, 0.2) is 18.2 Å². The zero-order chi connectivity index (χ0) is 14.5. The maximum atomic E-state index is 11.9. The van der Waals surface area contributed by atoms with Crippen LogP contribution in [0.2, 0.25) is 0 Å². The molecule has 1 aromatic carbocycles. The number of hydrogen-bond donors (Lipinski definition) is 3. The van der Waals surface area contributed by atoms with E-state index in [9.17, 15) is 9.59 Å². The Morgan fingerprint density at radius 3 is 3.00 bits per heavy atom. The molecule has 6 heteroatoms. The van der Waals surface area contributed by atoms with Crippen molar-refractivity contribution < 1.29 is 14.3 Å². The number of ether oxygens (including phenoxy) is 1. The van der Waals surface area contributed by atoms with E-state index >= 15 is 0 Å². The first-order valence-electron chi connectivity index (χ1n) is 6.70. The monoisotopic (exact) mass is 277 g/mol. The van der Waals surface area contributed by atoms with E-state index in [1.54, 1.807) is 25.1 Å². The number of benzene rings is 1. The summed E-state index contributed by atoms with van der Waals surface area (Å²) < 4.78 is 5.01. The molecular weight excluding hydrogens is 258 g/mol. The quantitative estimate of drug-likeness (QED) is 0.554. The Kier molecular flexibility index (Phi) is 4.45. The predicted octanol–water partition coefficient (Wildman–Crippen LogP) is 1.14. The van der Waals surface area contributed by atoms with Crippen LogP contribution in [0, 0.1) is 0 Å². The number of amides is 1. The minimum atomic E-state index is -0.405. The Morgan fingerprint density at radius 2 is 2.35 bits per heavy atom. The van der Waals surface area contributed by atoms with E-state index in [-0.39, 0.29) is 11.9 Å². The first-order chi connectivity index (χ1) is 9.60. The highest BCUT2D eigenvalue weighted by molar-refractivity contribution is 5.96. The first-order valence-corrected chi connectivity index (χ1v) is 6.70. The molecule has 1 amide bonds. The second-order valence-corrected chi connectivity index (χ2v) is 4.71. The topological polar surface area (TPSA) is 93.4 Å². The molecule has 2 rings (SSSR count). The number of nitrogens with one attached hydrogen (secondary N) is 2. The zero-order valence-electron chi connectivity index (χ0n) is 11.4. The van der Waals surface area contributed by atoms with Gasteiger partial charge in [0.2, 0.25) is 5.91 Å². The summed E-state index contributed by atoms with van der Waals surface area (Å²) in [5, 5.41) is 6.04. The molecule has 0 bridgehead atoms. The lowest BCUT2D eigenvalue weighted by Crippen LogP contribution is -2.32. The van der Waals surface area contributed by atoms with Crippen LogP contribution < -0.4 is 16.4 Å². The van der Waals surface area contributed by atoms with Crippen LogP contribution in [0.1, 0.15) is 30.1 Å². The lowest BCUT2D eigenvalue weighted by Gasteiger charge is -2.15. The molecule has 1 aliphatic heterocycles. The fourth-order valence-electron chi connectivity index (χ4n) is 2.16. The highest BCUT2D eigenvalue weighted by Crippen LogP contribution is 2.20. The number of esters is 1. The Bertz CT molecular complexity index is 516. The van der Waals surface area contributed by atoms with Gasteiger partial charge in [0.15, 0.2) is 0 Å². The fraction of sp³-hybridized carbons (Fsp3) is 0.429. The summed E-state index contributed by atoms with van der Waals surface area (Å²) in [5.74, 6) is -0.336. The van der Waals surface area contributed by atoms with Gasteiger partial charge < -0.3 is 21.1 Å². The number of nitrogen functional groups attached to an aromatic ring is 1. The zero-order valence-corrected chi connectivity index (χ0v) is 11.4. The maximum Gasteiger partial charge on any atom is 0.340 e. The normalized spacial score (nSPS) is 17.6. The minimum absolute atomic E-state index is 0.0692. The molecular formula is C14H19N3O3. The lowest BCUT2D eigenvalue weighted by molar-refractivity contribution is -0.119. The second-order valence-electron chi connectivity index (χ2n) is 4.71. The van der Waals surface area contributed by atoms with Gasteiger partial charge in [0.25, 0.3) is 0 Å². The third kappa shape index (κ3) is 3.40. The van der Waals surface area contributed by atoms with Gasteiger partial charge >= 0.3 is 5.97 Å². The van der Waals surface area contributed by atoms with Crippen LogP contribution in [0.3, 0.4) is 0 Å². The van der Waals surface area contributed by atoms with E-state index in [1.165, 1.54) is 0 Å². The van der Waals surface area contributed by atoms with Crippen molar-refractivity contribution in [1.82, 2.24) is 5.32 Å². The molecule has 1 unspecified atom stereocenters. The van der Waals surface area contributed by atoms with Crippen molar-refractivity contribution in [2.75, 3.05) is 24.2 Å². The van der Waals surface area contributed by atoms with Crippen molar-refractivity contribution in [1.29, 1.82) is 0 Å². The smallest absolute Gasteiger partial charge is 0.340 e. The number of carbonyl (C=O) groups excluding carboxylic acids is 2. The Labute approximate surface area is 117 Å². The second kappa shape index (κ2) is 6.27. The summed E-state index contributed by atoms with van der Waals surface area (Å²) in [4.78, 5) is 23.0. The van der Waals surface area contributed by atoms with Gasteiger partial charge in [-0.25, -0.2) is 4.79 Å². The van der Waals surface area contributed by atoms with Gasteiger partial charge in [-0.2, -0.15) is 0 Å². The first kappa shape index (κ1) is 14.2. The van der Waals surface area contributed by atoms with E-state index in [0.29, 0.717) is 36.5 Å². The molecule has 0 saturated carbocycles. The molecule has 1 aromatic rings. The van der Waals surface area contributed by atoms with E-state index < -0.39 is 5.97 Å². The van der Waals surface area contributed by atoms with Crippen molar-refractivity contribution >= 4 is 23.3 Å². The molecule has 6 nitrogen and oxygen atoms in total. The van der Waals surface area contributed by atoms with Crippen molar-refractivity contribution in [3.8, 4) is 0 Å². The summed E-state index contributed by atoms with van der Waals surface area (Å²) in [7, 11) is 0. The van der Waals surface area contributed by atoms with Gasteiger partial charge in [-0.05, 0) is 31.5 Å². The van der Waals surface area contributed by atoms with Gasteiger partial charge in [0.1, 0.15) is 0 Å². The molecule has 1 fully saturated rings. The molecule has 20 heavy (non-hydrogen) atoms. The van der Waals surface area contributed by atoms with Gasteiger partial charge in [-0.3, -0.25) is 4.79 Å². The van der Waals surface area contributed by atoms with Crippen LogP contribution in [0.5, 0.6) is 0 Å². The number of rotatable bonds is 5. The van der Waals surface area contributed by atoms with Gasteiger partial charge in [0.05, 0.1) is 12.2 Å². The molecule has 1 heterocycles. The van der Waals surface area contributed by atoms with Gasteiger partial charge in [-0.1, -0.05) is 0 Å². The van der Waals surface area contributed by atoms with Crippen LogP contribution in [0.25, 0.3) is 0 Å². The van der Waals surface area contributed by atoms with Gasteiger partial charge in [-0.15, -0.1) is 0 Å². The highest BCUT2D eigenvalue weighted by Gasteiger charge is 2.21. The summed E-state index contributed by atoms with van der Waals surface area (Å²) in [6.07, 6.45) is 1.36. The third-order valence-electron chi connectivity index (χ3n) is 3.16. The third-order valence-corrected chi connectivity index (χ3v) is 3.16. The highest BCUT2D eigenvalue weighted by atomic mass is 16.5. The Morgan fingerprint density at radius 1 is 1.55 bits per heavy atom. The van der Waals surface area contributed by atoms with Crippen LogP contribution >= 0.6 is 0 Å². The van der Waals surface area contributed by atoms with E-state index in [2.05, 4.69) is 10.6 Å². The number of hydrogen-bond acceptors (Lipinski definition) is 5. The number of nitrogens with two attached hydrogens (primary N) is 1. The van der Waals surface area contributed by atoms with E-state index in [4.69, 9.17) is 10.5 Å². The molecule has 108 valence electrons. The molecule has 0 spiro atoms. The van der Waals surface area contributed by atoms with Crippen molar-refractivity contribution in [2.45, 2.75) is 25.8 Å². The molecule has 0 aliphatic carbocycles. The fourth-order valence-corrected chi connectivity index (χ4v) is 2.16. The SMILES string of the molecule is CCOC(=O)c1cc(N)ccc1NCC1CCC(=O)N1. The molecule has 4 N–H and O–H groups in total. The predicted molar refractivity (Wildman–Crippen MR) is 76.5 cm³/mol.